The molecular formula is C25H22N4O4. The van der Waals surface area contributed by atoms with Crippen molar-refractivity contribution in [2.75, 3.05) is 22.5 Å². The number of carboxylic acids is 1. The lowest BCUT2D eigenvalue weighted by molar-refractivity contribution is -0.137. The Morgan fingerprint density at radius 3 is 2.48 bits per heavy atom. The van der Waals surface area contributed by atoms with Gasteiger partial charge in [-0.3, -0.25) is 9.59 Å². The molecule has 4 rings (SSSR count). The summed E-state index contributed by atoms with van der Waals surface area (Å²) in [7, 11) is 0. The summed E-state index contributed by atoms with van der Waals surface area (Å²) >= 11 is 0. The topological polar surface area (TPSA) is 120 Å². The van der Waals surface area contributed by atoms with Crippen LogP contribution in [0.25, 0.3) is 10.8 Å². The van der Waals surface area contributed by atoms with Gasteiger partial charge >= 0.3 is 5.97 Å². The van der Waals surface area contributed by atoms with Crippen LogP contribution in [-0.4, -0.2) is 28.6 Å². The highest BCUT2D eigenvalue weighted by Crippen LogP contribution is 2.24. The zero-order valence-corrected chi connectivity index (χ0v) is 17.7. The van der Waals surface area contributed by atoms with Crippen molar-refractivity contribution in [1.29, 1.82) is 0 Å². The van der Waals surface area contributed by atoms with Crippen LogP contribution in [0.15, 0.2) is 83.0 Å². The first kappa shape index (κ1) is 21.8. The fourth-order valence-electron chi connectivity index (χ4n) is 3.56. The Labute approximate surface area is 189 Å². The molecule has 8 heteroatoms. The van der Waals surface area contributed by atoms with Crippen molar-refractivity contribution in [3.63, 3.8) is 0 Å². The minimum absolute atomic E-state index is 0.00503. The number of aliphatic carboxylic acids is 1. The molecule has 0 aliphatic heterocycles. The van der Waals surface area contributed by atoms with Gasteiger partial charge in [-0.2, -0.15) is 0 Å². The van der Waals surface area contributed by atoms with E-state index in [2.05, 4.69) is 27.5 Å². The first-order valence-corrected chi connectivity index (χ1v) is 10.3. The van der Waals surface area contributed by atoms with Crippen molar-refractivity contribution in [3.05, 3.63) is 99.5 Å². The second-order valence-electron chi connectivity index (χ2n) is 7.52. The minimum atomic E-state index is -1.13. The van der Waals surface area contributed by atoms with E-state index >= 15 is 0 Å². The molecule has 0 amide bonds. The van der Waals surface area contributed by atoms with Crippen LogP contribution in [0.5, 0.6) is 0 Å². The van der Waals surface area contributed by atoms with Crippen LogP contribution in [-0.2, 0) is 11.2 Å². The van der Waals surface area contributed by atoms with Gasteiger partial charge in [0.05, 0.1) is 0 Å². The lowest BCUT2D eigenvalue weighted by atomic mass is 10.0. The molecule has 8 nitrogen and oxygen atoms in total. The van der Waals surface area contributed by atoms with Gasteiger partial charge in [0.1, 0.15) is 23.2 Å². The largest absolute Gasteiger partial charge is 0.480 e. The molecule has 4 N–H and O–H groups in total. The number of nitrogens with one attached hydrogen (secondary N) is 3. The van der Waals surface area contributed by atoms with E-state index < -0.39 is 22.9 Å². The summed E-state index contributed by atoms with van der Waals surface area (Å²) in [5, 5.41) is 20.5. The highest BCUT2D eigenvalue weighted by atomic mass is 16.4. The van der Waals surface area contributed by atoms with Crippen molar-refractivity contribution < 1.29 is 9.90 Å². The van der Waals surface area contributed by atoms with E-state index in [-0.39, 0.29) is 24.3 Å². The van der Waals surface area contributed by atoms with Crippen LogP contribution < -0.4 is 26.8 Å². The highest BCUT2D eigenvalue weighted by Gasteiger charge is 2.26. The third-order valence-electron chi connectivity index (χ3n) is 5.28. The zero-order valence-electron chi connectivity index (χ0n) is 17.7. The van der Waals surface area contributed by atoms with Crippen LogP contribution in [0.2, 0.25) is 0 Å². The molecule has 0 saturated heterocycles. The summed E-state index contributed by atoms with van der Waals surface area (Å²) in [5.74, 6) is -0.398. The summed E-state index contributed by atoms with van der Waals surface area (Å²) in [6, 6.07) is 16.1. The number of nitrogens with zero attached hydrogens (tertiary/aromatic N) is 1. The molecule has 1 aromatic heterocycles. The molecule has 4 aromatic rings. The Hall–Kier alpha value is -4.46. The fraction of sp³-hybridized carbons (Fsp3) is 0.120. The molecule has 166 valence electrons. The van der Waals surface area contributed by atoms with Gasteiger partial charge in [0.25, 0.3) is 10.9 Å². The van der Waals surface area contributed by atoms with Crippen molar-refractivity contribution in [1.82, 2.24) is 4.98 Å². The Bertz CT molecular complexity index is 1380. The summed E-state index contributed by atoms with van der Waals surface area (Å²) in [4.78, 5) is 39.9. The van der Waals surface area contributed by atoms with Crippen molar-refractivity contribution in [2.24, 2.45) is 0 Å². The van der Waals surface area contributed by atoms with Gasteiger partial charge in [0.2, 0.25) is 0 Å². The normalized spacial score (nSPS) is 11.8. The molecule has 0 aliphatic rings. The number of fused-ring (bicyclic) bond motifs is 1. The summed E-state index contributed by atoms with van der Waals surface area (Å²) in [5.41, 5.74) is 0.255. The molecule has 0 bridgehead atoms. The molecule has 1 atom stereocenters. The summed E-state index contributed by atoms with van der Waals surface area (Å²) in [6.07, 6.45) is 3.40. The van der Waals surface area contributed by atoms with E-state index in [1.165, 1.54) is 0 Å². The van der Waals surface area contributed by atoms with Crippen molar-refractivity contribution >= 4 is 39.6 Å². The van der Waals surface area contributed by atoms with E-state index in [0.717, 1.165) is 27.8 Å². The smallest absolute Gasteiger partial charge is 0.326 e. The Kier molecular flexibility index (Phi) is 6.17. The van der Waals surface area contributed by atoms with Gasteiger partial charge in [-0.25, -0.2) is 9.78 Å². The van der Waals surface area contributed by atoms with E-state index in [1.54, 1.807) is 12.3 Å². The average Bonchev–Trinajstić information content (AvgIpc) is 2.83. The lowest BCUT2D eigenvalue weighted by Crippen LogP contribution is -2.42. The number of carboxylic acid groups (broad SMARTS) is 1. The highest BCUT2D eigenvalue weighted by molar-refractivity contribution is 5.93. The third kappa shape index (κ3) is 4.59. The quantitative estimate of drug-likeness (QED) is 0.218. The predicted octanol–water partition coefficient (Wildman–Crippen LogP) is 3.28. The number of hydrogen-bond acceptors (Lipinski definition) is 7. The lowest BCUT2D eigenvalue weighted by Gasteiger charge is -2.19. The number of carbonyl (C=O) groups is 1. The number of benzene rings is 2. The molecule has 1 unspecified atom stereocenters. The predicted molar refractivity (Wildman–Crippen MR) is 130 cm³/mol. The molecule has 0 spiro atoms. The first-order valence-electron chi connectivity index (χ1n) is 10.3. The van der Waals surface area contributed by atoms with Gasteiger partial charge in [-0.05, 0) is 29.1 Å². The molecule has 0 saturated carbocycles. The molecule has 1 heterocycles. The number of pyridine rings is 1. The monoisotopic (exact) mass is 442 g/mol. The van der Waals surface area contributed by atoms with Gasteiger partial charge in [-0.1, -0.05) is 42.5 Å². The van der Waals surface area contributed by atoms with Crippen LogP contribution in [0, 0.1) is 0 Å². The fourth-order valence-corrected chi connectivity index (χ4v) is 3.56. The van der Waals surface area contributed by atoms with Gasteiger partial charge < -0.3 is 21.1 Å². The Morgan fingerprint density at radius 1 is 1.03 bits per heavy atom. The van der Waals surface area contributed by atoms with Crippen LogP contribution in [0.3, 0.4) is 0 Å². The zero-order chi connectivity index (χ0) is 23.4. The van der Waals surface area contributed by atoms with Crippen molar-refractivity contribution in [2.45, 2.75) is 12.5 Å². The van der Waals surface area contributed by atoms with Crippen molar-refractivity contribution in [3.8, 4) is 0 Å². The maximum absolute atomic E-state index is 11.9. The van der Waals surface area contributed by atoms with Crippen LogP contribution >= 0.6 is 0 Å². The summed E-state index contributed by atoms with van der Waals surface area (Å²) < 4.78 is 0. The second-order valence-corrected chi connectivity index (χ2v) is 7.52. The third-order valence-corrected chi connectivity index (χ3v) is 5.28. The molecule has 33 heavy (non-hydrogen) atoms. The van der Waals surface area contributed by atoms with E-state index in [1.807, 2.05) is 54.6 Å². The standard InChI is InChI=1S/C25H22N4O4/c1-2-12-26-20-21(23(31)22(20)30)29-19(25(32)33)14-15-7-9-17(10-8-15)28-24-18-6-4-3-5-16(18)11-13-27-24/h2-11,13,19,26,29H,1,12,14H2,(H,27,28)(H,32,33). The molecule has 0 radical (unpaired) electrons. The summed E-state index contributed by atoms with van der Waals surface area (Å²) in [6.45, 7) is 3.84. The number of hydrogen-bond donors (Lipinski definition) is 4. The van der Waals surface area contributed by atoms with E-state index in [4.69, 9.17) is 0 Å². The number of rotatable bonds is 10. The Morgan fingerprint density at radius 2 is 1.76 bits per heavy atom. The number of aromatic nitrogens is 1. The minimum Gasteiger partial charge on any atom is -0.480 e. The SMILES string of the molecule is C=CCNc1c(NC(Cc2ccc(Nc3nccc4ccccc34)cc2)C(=O)O)c(=O)c1=O. The molecule has 3 aromatic carbocycles. The maximum Gasteiger partial charge on any atom is 0.326 e. The maximum atomic E-state index is 11.9. The second kappa shape index (κ2) is 9.35. The Balaban J connectivity index is 1.47. The number of anilines is 4. The van der Waals surface area contributed by atoms with E-state index in [9.17, 15) is 19.5 Å². The van der Waals surface area contributed by atoms with Crippen LogP contribution in [0.1, 0.15) is 5.56 Å². The first-order chi connectivity index (χ1) is 16.0. The molecule has 0 aliphatic carbocycles. The van der Waals surface area contributed by atoms with Gasteiger partial charge in [0, 0.05) is 30.2 Å². The molecular weight excluding hydrogens is 420 g/mol. The molecule has 0 fully saturated rings. The average molecular weight is 442 g/mol. The van der Waals surface area contributed by atoms with Gasteiger partial charge in [-0.15, -0.1) is 6.58 Å². The van der Waals surface area contributed by atoms with E-state index in [0.29, 0.717) is 0 Å². The van der Waals surface area contributed by atoms with Crippen LogP contribution in [0.4, 0.5) is 22.9 Å². The van der Waals surface area contributed by atoms with Gasteiger partial charge in [0.15, 0.2) is 0 Å².